The zero-order chi connectivity index (χ0) is 28.1. The Bertz CT molecular complexity index is 1520. The van der Waals surface area contributed by atoms with Crippen LogP contribution >= 0.6 is 0 Å². The van der Waals surface area contributed by atoms with E-state index in [1.807, 2.05) is 38.3 Å². The Labute approximate surface area is 228 Å². The van der Waals surface area contributed by atoms with E-state index in [2.05, 4.69) is 57.2 Å². The molecule has 0 fully saturated rings. The van der Waals surface area contributed by atoms with Gasteiger partial charge in [-0.2, -0.15) is 0 Å². The maximum absolute atomic E-state index is 15.1. The Morgan fingerprint density at radius 1 is 1.08 bits per heavy atom. The predicted octanol–water partition coefficient (Wildman–Crippen LogP) is 5.45. The third-order valence-electron chi connectivity index (χ3n) is 7.29. The molecule has 0 aliphatic carbocycles. The lowest BCUT2D eigenvalue weighted by Crippen LogP contribution is -2.38. The number of pyridine rings is 1. The molecule has 0 saturated carbocycles. The first-order chi connectivity index (χ1) is 18.4. The Morgan fingerprint density at radius 2 is 1.85 bits per heavy atom. The van der Waals surface area contributed by atoms with Crippen LogP contribution in [0.1, 0.15) is 50.8 Å². The number of imidazole rings is 1. The molecule has 0 amide bonds. The summed E-state index contributed by atoms with van der Waals surface area (Å²) in [5.41, 5.74) is 3.09. The zero-order valence-corrected chi connectivity index (χ0v) is 23.7. The lowest BCUT2D eigenvalue weighted by atomic mass is 9.98. The lowest BCUT2D eigenvalue weighted by Gasteiger charge is -2.35. The monoisotopic (exact) mass is 534 g/mol. The molecule has 0 radical (unpaired) electrons. The zero-order valence-electron chi connectivity index (χ0n) is 23.7. The minimum Gasteiger partial charge on any atom is -0.323 e. The van der Waals surface area contributed by atoms with Gasteiger partial charge in [0.05, 0.1) is 11.7 Å². The summed E-state index contributed by atoms with van der Waals surface area (Å²) in [6, 6.07) is 7.27. The van der Waals surface area contributed by atoms with E-state index < -0.39 is 11.6 Å². The van der Waals surface area contributed by atoms with E-state index in [1.54, 1.807) is 6.07 Å². The second kappa shape index (κ2) is 10.2. The maximum Gasteiger partial charge on any atom is 0.229 e. The van der Waals surface area contributed by atoms with Crippen molar-refractivity contribution in [3.8, 4) is 11.3 Å². The molecule has 0 bridgehead atoms. The topological polar surface area (TPSA) is 75.0 Å². The van der Waals surface area contributed by atoms with E-state index in [0.717, 1.165) is 37.9 Å². The summed E-state index contributed by atoms with van der Waals surface area (Å²) in [6.45, 7) is 13.1. The molecule has 4 heterocycles. The van der Waals surface area contributed by atoms with Crippen molar-refractivity contribution >= 4 is 22.8 Å². The predicted molar refractivity (Wildman–Crippen MR) is 150 cm³/mol. The molecule has 1 N–H and O–H groups in total. The molecule has 39 heavy (non-hydrogen) atoms. The van der Waals surface area contributed by atoms with Crippen molar-refractivity contribution in [2.45, 2.75) is 52.6 Å². The molecule has 0 spiro atoms. The van der Waals surface area contributed by atoms with E-state index >= 15 is 4.39 Å². The summed E-state index contributed by atoms with van der Waals surface area (Å²) in [5, 5.41) is 3.12. The number of aromatic nitrogens is 5. The number of aryl methyl sites for hydroxylation is 1. The molecule has 8 nitrogen and oxygen atoms in total. The molecule has 206 valence electrons. The van der Waals surface area contributed by atoms with E-state index in [4.69, 9.17) is 4.98 Å². The highest BCUT2D eigenvalue weighted by atomic mass is 19.1. The van der Waals surface area contributed by atoms with E-state index in [1.165, 1.54) is 11.6 Å². The van der Waals surface area contributed by atoms with Crippen LogP contribution in [0.15, 0.2) is 30.5 Å². The standard InChI is InChI=1S/C29H36F2N8/c1-17-20-8-9-25(34-23(20)10-11-38(17)13-12-37(6)7)35-28-32-16-22(31)26(36-28)19-14-21(30)27-24(15-19)39(18(2)33-27)29(3,4)5/h8-9,14-17H,10-13H2,1-7H3,(H,32,34,35,36)/t17-/m0/s1. The molecule has 10 heteroatoms. The number of benzene rings is 1. The Kier molecular flexibility index (Phi) is 7.11. The number of nitrogens with one attached hydrogen (secondary N) is 1. The maximum atomic E-state index is 15.1. The molecule has 1 aromatic carbocycles. The number of hydrogen-bond donors (Lipinski definition) is 1. The number of nitrogens with zero attached hydrogens (tertiary/aromatic N) is 7. The molecule has 5 rings (SSSR count). The minimum atomic E-state index is -0.636. The summed E-state index contributed by atoms with van der Waals surface area (Å²) in [6.07, 6.45) is 1.94. The van der Waals surface area contributed by atoms with Gasteiger partial charge in [-0.3, -0.25) is 4.90 Å². The van der Waals surface area contributed by atoms with Crippen LogP contribution in [0.5, 0.6) is 0 Å². The van der Waals surface area contributed by atoms with Gasteiger partial charge >= 0.3 is 0 Å². The van der Waals surface area contributed by atoms with Gasteiger partial charge in [0, 0.05) is 48.9 Å². The number of fused-ring (bicyclic) bond motifs is 2. The van der Waals surface area contributed by atoms with Gasteiger partial charge in [0.1, 0.15) is 22.9 Å². The molecule has 0 saturated heterocycles. The Balaban J connectivity index is 1.44. The Hall–Kier alpha value is -3.50. The number of halogens is 2. The fourth-order valence-corrected chi connectivity index (χ4v) is 5.42. The minimum absolute atomic E-state index is 0.00993. The second-order valence-corrected chi connectivity index (χ2v) is 11.5. The summed E-state index contributed by atoms with van der Waals surface area (Å²) in [4.78, 5) is 22.4. The fourth-order valence-electron chi connectivity index (χ4n) is 5.42. The molecule has 4 aromatic rings. The van der Waals surface area contributed by atoms with Crippen LogP contribution in [0.2, 0.25) is 0 Å². The van der Waals surface area contributed by atoms with Crippen LogP contribution in [-0.2, 0) is 12.0 Å². The molecule has 0 unspecified atom stereocenters. The molecule has 1 atom stereocenters. The van der Waals surface area contributed by atoms with Crippen LogP contribution in [0.25, 0.3) is 22.3 Å². The van der Waals surface area contributed by atoms with Crippen LogP contribution in [0.3, 0.4) is 0 Å². The first-order valence-corrected chi connectivity index (χ1v) is 13.3. The lowest BCUT2D eigenvalue weighted by molar-refractivity contribution is 0.178. The van der Waals surface area contributed by atoms with Gasteiger partial charge in [0.2, 0.25) is 5.95 Å². The molecule has 3 aromatic heterocycles. The van der Waals surface area contributed by atoms with Crippen LogP contribution in [0, 0.1) is 18.6 Å². The van der Waals surface area contributed by atoms with Gasteiger partial charge in [0.25, 0.3) is 0 Å². The average molecular weight is 535 g/mol. The fraction of sp³-hybridized carbons (Fsp3) is 0.448. The highest BCUT2D eigenvalue weighted by Gasteiger charge is 2.26. The largest absolute Gasteiger partial charge is 0.323 e. The van der Waals surface area contributed by atoms with Crippen molar-refractivity contribution in [2.75, 3.05) is 39.0 Å². The Morgan fingerprint density at radius 3 is 2.56 bits per heavy atom. The first kappa shape index (κ1) is 27.1. The number of hydrogen-bond acceptors (Lipinski definition) is 7. The van der Waals surface area contributed by atoms with Crippen molar-refractivity contribution in [1.82, 2.24) is 34.3 Å². The van der Waals surface area contributed by atoms with Crippen LogP contribution in [-0.4, -0.2) is 68.0 Å². The first-order valence-electron chi connectivity index (χ1n) is 13.3. The van der Waals surface area contributed by atoms with Gasteiger partial charge in [-0.1, -0.05) is 6.07 Å². The highest BCUT2D eigenvalue weighted by Crippen LogP contribution is 2.33. The highest BCUT2D eigenvalue weighted by molar-refractivity contribution is 5.83. The van der Waals surface area contributed by atoms with Gasteiger partial charge in [0.15, 0.2) is 11.6 Å². The summed E-state index contributed by atoms with van der Waals surface area (Å²) in [7, 11) is 4.17. The van der Waals surface area contributed by atoms with Crippen molar-refractivity contribution in [1.29, 1.82) is 0 Å². The molecular formula is C29H36F2N8. The molecular weight excluding hydrogens is 498 g/mol. The third kappa shape index (κ3) is 5.35. The van der Waals surface area contributed by atoms with Crippen molar-refractivity contribution in [3.63, 3.8) is 0 Å². The van der Waals surface area contributed by atoms with Crippen molar-refractivity contribution in [3.05, 3.63) is 59.2 Å². The van der Waals surface area contributed by atoms with Gasteiger partial charge in [-0.25, -0.2) is 28.7 Å². The summed E-state index contributed by atoms with van der Waals surface area (Å²) >= 11 is 0. The molecule has 1 aliphatic rings. The van der Waals surface area contributed by atoms with Crippen molar-refractivity contribution in [2.24, 2.45) is 0 Å². The number of likely N-dealkylation sites (N-methyl/N-ethyl adjacent to an activating group) is 1. The van der Waals surface area contributed by atoms with E-state index in [-0.39, 0.29) is 28.7 Å². The molecule has 1 aliphatic heterocycles. The smallest absolute Gasteiger partial charge is 0.229 e. The SMILES string of the molecule is Cc1nc2c(F)cc(-c3nc(Nc4ccc5c(n4)CCN(CCN(C)C)[C@H]5C)ncc3F)cc2n1C(C)(C)C. The van der Waals surface area contributed by atoms with Gasteiger partial charge in [-0.15, -0.1) is 0 Å². The second-order valence-electron chi connectivity index (χ2n) is 11.5. The number of anilines is 2. The van der Waals surface area contributed by atoms with Crippen LogP contribution in [0.4, 0.5) is 20.5 Å². The van der Waals surface area contributed by atoms with Gasteiger partial charge < -0.3 is 14.8 Å². The van der Waals surface area contributed by atoms with Gasteiger partial charge in [-0.05, 0) is 72.5 Å². The van der Waals surface area contributed by atoms with E-state index in [0.29, 0.717) is 22.7 Å². The normalized spacial score (nSPS) is 16.2. The van der Waals surface area contributed by atoms with Crippen molar-refractivity contribution < 1.29 is 8.78 Å². The third-order valence-corrected chi connectivity index (χ3v) is 7.29. The summed E-state index contributed by atoms with van der Waals surface area (Å²) in [5.74, 6) is 0.307. The average Bonchev–Trinajstić information content (AvgIpc) is 3.21. The quantitative estimate of drug-likeness (QED) is 0.352. The summed E-state index contributed by atoms with van der Waals surface area (Å²) < 4.78 is 32.0. The van der Waals surface area contributed by atoms with Crippen LogP contribution < -0.4 is 5.32 Å². The number of rotatable bonds is 6. The van der Waals surface area contributed by atoms with E-state index in [9.17, 15) is 4.39 Å².